The van der Waals surface area contributed by atoms with Gasteiger partial charge >= 0.3 is 5.97 Å². The Hall–Kier alpha value is -1.81. The maximum atomic E-state index is 10.8. The van der Waals surface area contributed by atoms with Crippen molar-refractivity contribution in [3.8, 4) is 5.75 Å². The summed E-state index contributed by atoms with van der Waals surface area (Å²) in [5.74, 6) is 0.393. The highest BCUT2D eigenvalue weighted by atomic mass is 16.5. The van der Waals surface area contributed by atoms with Gasteiger partial charge in [-0.15, -0.1) is 0 Å². The van der Waals surface area contributed by atoms with Gasteiger partial charge in [-0.1, -0.05) is 12.1 Å². The van der Waals surface area contributed by atoms with Crippen LogP contribution in [0.2, 0.25) is 0 Å². The number of esters is 1. The van der Waals surface area contributed by atoms with Crippen LogP contribution in [-0.4, -0.2) is 33.4 Å². The summed E-state index contributed by atoms with van der Waals surface area (Å²) < 4.78 is 14.5. The lowest BCUT2D eigenvalue weighted by molar-refractivity contribution is -0.134. The van der Waals surface area contributed by atoms with Gasteiger partial charge in [0.1, 0.15) is 5.75 Å². The van der Waals surface area contributed by atoms with E-state index < -0.39 is 0 Å². The number of carbonyl (C=O) groups excluding carboxylic acids is 1. The Kier molecular flexibility index (Phi) is 7.35. The first-order valence-corrected chi connectivity index (χ1v) is 6.24. The van der Waals surface area contributed by atoms with E-state index in [1.807, 2.05) is 24.3 Å². The van der Waals surface area contributed by atoms with Crippen molar-refractivity contribution in [3.05, 3.63) is 35.9 Å². The van der Waals surface area contributed by atoms with Gasteiger partial charge in [-0.25, -0.2) is 4.79 Å². The summed E-state index contributed by atoms with van der Waals surface area (Å²) in [5.41, 5.74) is 0.898. The first-order chi connectivity index (χ1) is 9.26. The molecule has 19 heavy (non-hydrogen) atoms. The minimum absolute atomic E-state index is 0.368. The highest BCUT2D eigenvalue weighted by Crippen LogP contribution is 2.13. The third-order valence-electron chi connectivity index (χ3n) is 2.53. The molecule has 0 unspecified atom stereocenters. The van der Waals surface area contributed by atoms with E-state index in [1.54, 1.807) is 13.2 Å². The largest absolute Gasteiger partial charge is 0.497 e. The van der Waals surface area contributed by atoms with E-state index in [-0.39, 0.29) is 5.97 Å². The molecule has 4 nitrogen and oxygen atoms in total. The van der Waals surface area contributed by atoms with E-state index in [9.17, 15) is 4.79 Å². The van der Waals surface area contributed by atoms with Crippen LogP contribution < -0.4 is 4.74 Å². The number of rotatable bonds is 3. The Bertz CT molecular complexity index is 401. The zero-order valence-electron chi connectivity index (χ0n) is 11.4. The van der Waals surface area contributed by atoms with Crippen LogP contribution in [0, 0.1) is 0 Å². The molecule has 0 radical (unpaired) electrons. The highest BCUT2D eigenvalue weighted by Gasteiger charge is 1.95. The Morgan fingerprint density at radius 1 is 1.26 bits per heavy atom. The Labute approximate surface area is 114 Å². The second kappa shape index (κ2) is 9.16. The second-order valence-electron chi connectivity index (χ2n) is 3.95. The van der Waals surface area contributed by atoms with Crippen LogP contribution in [0.1, 0.15) is 18.4 Å². The van der Waals surface area contributed by atoms with Crippen molar-refractivity contribution >= 4 is 12.0 Å². The van der Waals surface area contributed by atoms with Gasteiger partial charge in [0.25, 0.3) is 0 Å². The zero-order valence-corrected chi connectivity index (χ0v) is 11.4. The predicted molar refractivity (Wildman–Crippen MR) is 74.1 cm³/mol. The second-order valence-corrected chi connectivity index (χ2v) is 3.95. The molecule has 0 amide bonds. The summed E-state index contributed by atoms with van der Waals surface area (Å²) in [6.07, 6.45) is 5.60. The Balaban J connectivity index is 0.000000300. The molecular formula is C15H20O4. The van der Waals surface area contributed by atoms with Crippen molar-refractivity contribution in [2.75, 3.05) is 27.4 Å². The van der Waals surface area contributed by atoms with E-state index in [0.29, 0.717) is 0 Å². The van der Waals surface area contributed by atoms with Crippen molar-refractivity contribution in [1.82, 2.24) is 0 Å². The lowest BCUT2D eigenvalue weighted by Crippen LogP contribution is -1.93. The minimum atomic E-state index is -0.368. The molecule has 0 aliphatic carbocycles. The van der Waals surface area contributed by atoms with Gasteiger partial charge in [0.05, 0.1) is 14.2 Å². The first kappa shape index (κ1) is 15.2. The van der Waals surface area contributed by atoms with Crippen molar-refractivity contribution in [2.45, 2.75) is 12.8 Å². The van der Waals surface area contributed by atoms with Crippen LogP contribution in [0.5, 0.6) is 5.75 Å². The maximum Gasteiger partial charge on any atom is 0.330 e. The third-order valence-corrected chi connectivity index (χ3v) is 2.53. The van der Waals surface area contributed by atoms with Crippen LogP contribution in [0.4, 0.5) is 0 Å². The number of ether oxygens (including phenoxy) is 3. The van der Waals surface area contributed by atoms with Crippen LogP contribution in [0.3, 0.4) is 0 Å². The summed E-state index contributed by atoms with van der Waals surface area (Å²) >= 11 is 0. The molecule has 0 aromatic heterocycles. The summed E-state index contributed by atoms with van der Waals surface area (Å²) in [7, 11) is 2.95. The summed E-state index contributed by atoms with van der Waals surface area (Å²) in [4.78, 5) is 10.8. The molecule has 1 fully saturated rings. The van der Waals surface area contributed by atoms with E-state index >= 15 is 0 Å². The third kappa shape index (κ3) is 6.62. The molecule has 0 saturated carbocycles. The van der Waals surface area contributed by atoms with Crippen LogP contribution in [0.25, 0.3) is 6.08 Å². The number of hydrogen-bond donors (Lipinski definition) is 0. The molecule has 2 rings (SSSR count). The zero-order chi connectivity index (χ0) is 13.9. The molecule has 0 bridgehead atoms. The molecule has 0 spiro atoms. The van der Waals surface area contributed by atoms with E-state index in [2.05, 4.69) is 4.74 Å². The van der Waals surface area contributed by atoms with Gasteiger partial charge in [-0.3, -0.25) is 0 Å². The quantitative estimate of drug-likeness (QED) is 0.622. The highest BCUT2D eigenvalue weighted by molar-refractivity contribution is 5.86. The molecule has 1 heterocycles. The van der Waals surface area contributed by atoms with Gasteiger partial charge in [0.2, 0.25) is 0 Å². The predicted octanol–water partition coefficient (Wildman–Crippen LogP) is 2.68. The number of benzene rings is 1. The summed E-state index contributed by atoms with van der Waals surface area (Å²) in [6, 6.07) is 7.41. The average Bonchev–Trinajstić information content (AvgIpc) is 3.04. The average molecular weight is 264 g/mol. The van der Waals surface area contributed by atoms with Crippen LogP contribution in [0.15, 0.2) is 30.3 Å². The molecule has 4 heteroatoms. The van der Waals surface area contributed by atoms with E-state index in [0.717, 1.165) is 24.5 Å². The normalized spacial score (nSPS) is 13.8. The first-order valence-electron chi connectivity index (χ1n) is 6.24. The number of methoxy groups -OCH3 is 2. The van der Waals surface area contributed by atoms with Crippen molar-refractivity contribution in [3.63, 3.8) is 0 Å². The fourth-order valence-corrected chi connectivity index (χ4v) is 1.49. The van der Waals surface area contributed by atoms with E-state index in [1.165, 1.54) is 26.0 Å². The van der Waals surface area contributed by atoms with Gasteiger partial charge in [-0.2, -0.15) is 0 Å². The van der Waals surface area contributed by atoms with Gasteiger partial charge in [0.15, 0.2) is 0 Å². The molecule has 1 aromatic carbocycles. The molecule has 1 aliphatic rings. The van der Waals surface area contributed by atoms with Crippen molar-refractivity contribution in [1.29, 1.82) is 0 Å². The summed E-state index contributed by atoms with van der Waals surface area (Å²) in [5, 5.41) is 0. The van der Waals surface area contributed by atoms with Gasteiger partial charge in [0, 0.05) is 19.3 Å². The maximum absolute atomic E-state index is 10.8. The molecule has 0 atom stereocenters. The monoisotopic (exact) mass is 264 g/mol. The molecule has 1 saturated heterocycles. The fraction of sp³-hybridized carbons (Fsp3) is 0.400. The lowest BCUT2D eigenvalue weighted by Gasteiger charge is -1.99. The molecule has 1 aromatic rings. The standard InChI is InChI=1S/C11H12O3.C4H8O/c1-13-10-5-3-4-9(8-10)6-7-11(12)14-2;1-2-4-5-3-1/h3-8H,1-2H3;1-4H2. The Morgan fingerprint density at radius 2 is 2.00 bits per heavy atom. The molecule has 104 valence electrons. The minimum Gasteiger partial charge on any atom is -0.497 e. The Morgan fingerprint density at radius 3 is 2.53 bits per heavy atom. The fourth-order valence-electron chi connectivity index (χ4n) is 1.49. The lowest BCUT2D eigenvalue weighted by atomic mass is 10.2. The SMILES string of the molecule is C1CCOC1.COC(=O)C=Cc1cccc(OC)c1. The molecular weight excluding hydrogens is 244 g/mol. The summed E-state index contributed by atoms with van der Waals surface area (Å²) in [6.45, 7) is 2.00. The van der Waals surface area contributed by atoms with Gasteiger partial charge in [-0.05, 0) is 36.6 Å². The number of hydrogen-bond acceptors (Lipinski definition) is 4. The molecule has 1 aliphatic heterocycles. The van der Waals surface area contributed by atoms with Crippen molar-refractivity contribution < 1.29 is 19.0 Å². The molecule has 0 N–H and O–H groups in total. The van der Waals surface area contributed by atoms with Crippen molar-refractivity contribution in [2.24, 2.45) is 0 Å². The van der Waals surface area contributed by atoms with E-state index in [4.69, 9.17) is 9.47 Å². The van der Waals surface area contributed by atoms with Gasteiger partial charge < -0.3 is 14.2 Å². The smallest absolute Gasteiger partial charge is 0.330 e. The van der Waals surface area contributed by atoms with Crippen LogP contribution >= 0.6 is 0 Å². The number of carbonyl (C=O) groups is 1. The topological polar surface area (TPSA) is 44.8 Å². The van der Waals surface area contributed by atoms with Crippen LogP contribution in [-0.2, 0) is 14.3 Å².